The van der Waals surface area contributed by atoms with Crippen LogP contribution in [0.3, 0.4) is 0 Å². The zero-order valence-corrected chi connectivity index (χ0v) is 15.7. The molecule has 1 amide bonds. The summed E-state index contributed by atoms with van der Waals surface area (Å²) in [5, 5.41) is 10.5. The van der Waals surface area contributed by atoms with Gasteiger partial charge in [-0.15, -0.1) is 0 Å². The molecule has 0 bridgehead atoms. The molecule has 0 aliphatic carbocycles. The summed E-state index contributed by atoms with van der Waals surface area (Å²) in [6.07, 6.45) is 0. The largest absolute Gasteiger partial charge is 0.368 e. The van der Waals surface area contributed by atoms with Crippen molar-refractivity contribution in [3.63, 3.8) is 0 Å². The molecule has 0 aliphatic heterocycles. The van der Waals surface area contributed by atoms with Gasteiger partial charge in [0.1, 0.15) is 6.54 Å². The molecule has 1 heterocycles. The summed E-state index contributed by atoms with van der Waals surface area (Å²) in [5.74, 6) is 0.167. The highest BCUT2D eigenvalue weighted by Crippen LogP contribution is 2.18. The monoisotopic (exact) mass is 365 g/mol. The lowest BCUT2D eigenvalue weighted by atomic mass is 9.99. The minimum atomic E-state index is -0.453. The Morgan fingerprint density at radius 3 is 2.22 bits per heavy atom. The summed E-state index contributed by atoms with van der Waals surface area (Å²) in [6, 6.07) is 17.0. The smallest absolute Gasteiger partial charge is 0.348 e. The maximum atomic E-state index is 12.4. The van der Waals surface area contributed by atoms with E-state index in [1.165, 1.54) is 10.2 Å². The van der Waals surface area contributed by atoms with Gasteiger partial charge >= 0.3 is 5.69 Å². The third-order valence-corrected chi connectivity index (χ3v) is 4.41. The SMILES string of the molecule is CC(C)c1ccc(C(C)NC(=O)Cn2nnn(-c3ccccc3)c2=O)cc1. The number of carbonyl (C=O) groups excluding carboxylic acids is 1. The number of hydrogen-bond donors (Lipinski definition) is 1. The van der Waals surface area contributed by atoms with Crippen molar-refractivity contribution in [3.8, 4) is 5.69 Å². The van der Waals surface area contributed by atoms with E-state index in [9.17, 15) is 9.59 Å². The lowest BCUT2D eigenvalue weighted by Gasteiger charge is -2.15. The van der Waals surface area contributed by atoms with Crippen molar-refractivity contribution >= 4 is 5.91 Å². The molecule has 3 rings (SSSR count). The maximum absolute atomic E-state index is 12.4. The number of rotatable bonds is 6. The Morgan fingerprint density at radius 1 is 0.963 bits per heavy atom. The number of nitrogens with zero attached hydrogens (tertiary/aromatic N) is 4. The van der Waals surface area contributed by atoms with E-state index in [1.807, 2.05) is 25.1 Å². The summed E-state index contributed by atoms with van der Waals surface area (Å²) < 4.78 is 2.22. The van der Waals surface area contributed by atoms with Gasteiger partial charge in [-0.1, -0.05) is 56.3 Å². The molecule has 7 heteroatoms. The van der Waals surface area contributed by atoms with Crippen LogP contribution in [-0.2, 0) is 11.3 Å². The molecule has 0 radical (unpaired) electrons. The third kappa shape index (κ3) is 4.31. The Morgan fingerprint density at radius 2 is 1.59 bits per heavy atom. The highest BCUT2D eigenvalue weighted by molar-refractivity contribution is 5.76. The quantitative estimate of drug-likeness (QED) is 0.727. The third-order valence-electron chi connectivity index (χ3n) is 4.41. The van der Waals surface area contributed by atoms with Gasteiger partial charge in [-0.25, -0.2) is 4.79 Å². The molecule has 0 saturated heterocycles. The lowest BCUT2D eigenvalue weighted by Crippen LogP contribution is -2.34. The van der Waals surface area contributed by atoms with Crippen LogP contribution in [-0.4, -0.2) is 25.7 Å². The van der Waals surface area contributed by atoms with Crippen molar-refractivity contribution < 1.29 is 4.79 Å². The van der Waals surface area contributed by atoms with Gasteiger partial charge in [0.05, 0.1) is 11.7 Å². The molecular formula is C20H23N5O2. The summed E-state index contributed by atoms with van der Waals surface area (Å²) in [5.41, 5.74) is 2.41. The first-order chi connectivity index (χ1) is 13.0. The second-order valence-electron chi connectivity index (χ2n) is 6.78. The van der Waals surface area contributed by atoms with Crippen molar-refractivity contribution in [1.29, 1.82) is 0 Å². The van der Waals surface area contributed by atoms with Crippen molar-refractivity contribution in [1.82, 2.24) is 25.1 Å². The van der Waals surface area contributed by atoms with E-state index in [-0.39, 0.29) is 18.5 Å². The highest BCUT2D eigenvalue weighted by Gasteiger charge is 2.14. The fourth-order valence-electron chi connectivity index (χ4n) is 2.78. The molecule has 0 fully saturated rings. The number of amides is 1. The van der Waals surface area contributed by atoms with Crippen molar-refractivity contribution in [2.24, 2.45) is 0 Å². The van der Waals surface area contributed by atoms with Crippen LogP contribution in [0.5, 0.6) is 0 Å². The van der Waals surface area contributed by atoms with Gasteiger partial charge in [0.2, 0.25) is 5.91 Å². The number of aromatic nitrogens is 4. The fourth-order valence-corrected chi connectivity index (χ4v) is 2.78. The van der Waals surface area contributed by atoms with Crippen LogP contribution < -0.4 is 11.0 Å². The molecule has 0 spiro atoms. The summed E-state index contributed by atoms with van der Waals surface area (Å²) in [7, 11) is 0. The van der Waals surface area contributed by atoms with Crippen LogP contribution in [0, 0.1) is 0 Å². The molecule has 1 aromatic heterocycles. The first kappa shape index (κ1) is 18.6. The van der Waals surface area contributed by atoms with Crippen LogP contribution in [0.2, 0.25) is 0 Å². The Kier molecular flexibility index (Phi) is 5.49. The van der Waals surface area contributed by atoms with Crippen molar-refractivity contribution in [2.75, 3.05) is 0 Å². The predicted molar refractivity (Wildman–Crippen MR) is 103 cm³/mol. The zero-order chi connectivity index (χ0) is 19.4. The minimum Gasteiger partial charge on any atom is -0.348 e. The molecule has 3 aromatic rings. The number of hydrogen-bond acceptors (Lipinski definition) is 4. The molecule has 2 aromatic carbocycles. The fraction of sp³-hybridized carbons (Fsp3) is 0.300. The molecule has 7 nitrogen and oxygen atoms in total. The Balaban J connectivity index is 1.66. The van der Waals surface area contributed by atoms with Gasteiger partial charge in [-0.2, -0.15) is 9.36 Å². The van der Waals surface area contributed by atoms with E-state index in [0.29, 0.717) is 11.6 Å². The van der Waals surface area contributed by atoms with Crippen LogP contribution in [0.1, 0.15) is 43.9 Å². The van der Waals surface area contributed by atoms with E-state index in [1.54, 1.807) is 24.3 Å². The Bertz CT molecular complexity index is 958. The number of nitrogens with one attached hydrogen (secondary N) is 1. The average molecular weight is 365 g/mol. The van der Waals surface area contributed by atoms with Gasteiger partial charge in [0.25, 0.3) is 0 Å². The molecule has 140 valence electrons. The lowest BCUT2D eigenvalue weighted by molar-refractivity contribution is -0.122. The zero-order valence-electron chi connectivity index (χ0n) is 15.7. The normalized spacial score (nSPS) is 12.1. The minimum absolute atomic E-state index is 0.168. The van der Waals surface area contributed by atoms with Crippen LogP contribution in [0.25, 0.3) is 5.69 Å². The second kappa shape index (κ2) is 7.99. The van der Waals surface area contributed by atoms with E-state index in [2.05, 4.69) is 41.7 Å². The molecule has 1 unspecified atom stereocenters. The van der Waals surface area contributed by atoms with E-state index < -0.39 is 5.69 Å². The van der Waals surface area contributed by atoms with Gasteiger partial charge < -0.3 is 5.32 Å². The second-order valence-corrected chi connectivity index (χ2v) is 6.78. The van der Waals surface area contributed by atoms with E-state index >= 15 is 0 Å². The van der Waals surface area contributed by atoms with Crippen LogP contribution >= 0.6 is 0 Å². The molecule has 27 heavy (non-hydrogen) atoms. The average Bonchev–Trinajstić information content (AvgIpc) is 3.02. The molecule has 0 aliphatic rings. The van der Waals surface area contributed by atoms with Crippen LogP contribution in [0.15, 0.2) is 59.4 Å². The highest BCUT2D eigenvalue weighted by atomic mass is 16.2. The van der Waals surface area contributed by atoms with Gasteiger partial charge in [0.15, 0.2) is 0 Å². The number of carbonyl (C=O) groups is 1. The van der Waals surface area contributed by atoms with E-state index in [0.717, 1.165) is 10.2 Å². The Hall–Kier alpha value is -3.22. The number of tetrazole rings is 1. The molecule has 0 saturated carbocycles. The van der Waals surface area contributed by atoms with Gasteiger partial charge in [-0.05, 0) is 46.5 Å². The van der Waals surface area contributed by atoms with Gasteiger partial charge in [0, 0.05) is 0 Å². The standard InChI is InChI=1S/C20H23N5O2/c1-14(2)16-9-11-17(12-10-16)15(3)21-19(26)13-24-20(27)25(23-22-24)18-7-5-4-6-8-18/h4-12,14-15H,13H2,1-3H3,(H,21,26). The maximum Gasteiger partial charge on any atom is 0.368 e. The summed E-state index contributed by atoms with van der Waals surface area (Å²) in [4.78, 5) is 24.7. The Labute approximate surface area is 157 Å². The summed E-state index contributed by atoms with van der Waals surface area (Å²) in [6.45, 7) is 6.01. The first-order valence-corrected chi connectivity index (χ1v) is 8.93. The molecule has 1 N–H and O–H groups in total. The molecule has 1 atom stereocenters. The molecular weight excluding hydrogens is 342 g/mol. The van der Waals surface area contributed by atoms with Crippen LogP contribution in [0.4, 0.5) is 0 Å². The van der Waals surface area contributed by atoms with Gasteiger partial charge in [-0.3, -0.25) is 4.79 Å². The van der Waals surface area contributed by atoms with E-state index in [4.69, 9.17) is 0 Å². The number of para-hydroxylation sites is 1. The first-order valence-electron chi connectivity index (χ1n) is 8.93. The van der Waals surface area contributed by atoms with Crippen molar-refractivity contribution in [3.05, 3.63) is 76.2 Å². The van der Waals surface area contributed by atoms with Crippen molar-refractivity contribution in [2.45, 2.75) is 39.3 Å². The summed E-state index contributed by atoms with van der Waals surface area (Å²) >= 11 is 0. The topological polar surface area (TPSA) is 81.8 Å². The predicted octanol–water partition coefficient (Wildman–Crippen LogP) is 2.43. The number of benzene rings is 2.